The molecule has 0 unspecified atom stereocenters. The molecule has 174 valence electrons. The first-order valence-electron chi connectivity index (χ1n) is 9.99. The van der Waals surface area contributed by atoms with Crippen LogP contribution in [0.15, 0.2) is 71.8 Å². The molecule has 3 N–H and O–H groups in total. The minimum absolute atomic E-state index is 0.241. The molecule has 8 nitrogen and oxygen atoms in total. The van der Waals surface area contributed by atoms with Gasteiger partial charge in [-0.3, -0.25) is 14.4 Å². The number of halogens is 2. The summed E-state index contributed by atoms with van der Waals surface area (Å²) in [4.78, 5) is 36.1. The average Bonchev–Trinajstić information content (AvgIpc) is 2.81. The lowest BCUT2D eigenvalue weighted by atomic mass is 10.2. The molecule has 0 aliphatic heterocycles. The Morgan fingerprint density at radius 2 is 1.71 bits per heavy atom. The van der Waals surface area contributed by atoms with E-state index in [1.54, 1.807) is 60.7 Å². The highest BCUT2D eigenvalue weighted by atomic mass is 35.5. The number of amides is 3. The Balaban J connectivity index is 1.49. The lowest BCUT2D eigenvalue weighted by molar-refractivity contribution is -0.136. The molecule has 0 aliphatic carbocycles. The first-order chi connectivity index (χ1) is 16.3. The van der Waals surface area contributed by atoms with Crippen molar-refractivity contribution in [3.8, 4) is 5.75 Å². The van der Waals surface area contributed by atoms with E-state index in [0.29, 0.717) is 27.7 Å². The number of hydrogen-bond donors (Lipinski definition) is 3. The highest BCUT2D eigenvalue weighted by molar-refractivity contribution is 6.44. The van der Waals surface area contributed by atoms with Crippen molar-refractivity contribution in [3.63, 3.8) is 0 Å². The Hall–Kier alpha value is -3.88. The van der Waals surface area contributed by atoms with Crippen molar-refractivity contribution in [2.24, 2.45) is 5.10 Å². The summed E-state index contributed by atoms with van der Waals surface area (Å²) in [6.07, 6.45) is 1.34. The Bertz CT molecular complexity index is 1250. The smallest absolute Gasteiger partial charge is 0.329 e. The van der Waals surface area contributed by atoms with E-state index in [1.807, 2.05) is 13.0 Å². The van der Waals surface area contributed by atoms with Crippen LogP contribution in [0.2, 0.25) is 10.0 Å². The molecule has 3 amide bonds. The van der Waals surface area contributed by atoms with Gasteiger partial charge in [0.1, 0.15) is 5.75 Å². The molecule has 0 saturated heterocycles. The number of benzene rings is 3. The summed E-state index contributed by atoms with van der Waals surface area (Å²) in [5.41, 5.74) is 4.58. The van der Waals surface area contributed by atoms with Gasteiger partial charge in [-0.25, -0.2) is 5.43 Å². The maximum Gasteiger partial charge on any atom is 0.329 e. The van der Waals surface area contributed by atoms with E-state index in [9.17, 15) is 14.4 Å². The number of nitrogens with zero attached hydrogens (tertiary/aromatic N) is 1. The first-order valence-corrected chi connectivity index (χ1v) is 10.7. The van der Waals surface area contributed by atoms with Gasteiger partial charge in [0.2, 0.25) is 0 Å². The molecule has 0 spiro atoms. The first kappa shape index (κ1) is 24.8. The molecular formula is C24H20Cl2N4O4. The van der Waals surface area contributed by atoms with Crippen LogP contribution in [0.4, 0.5) is 11.4 Å². The number of hydrogen-bond acceptors (Lipinski definition) is 5. The Morgan fingerprint density at radius 3 is 2.50 bits per heavy atom. The lowest BCUT2D eigenvalue weighted by Crippen LogP contribution is -2.32. The summed E-state index contributed by atoms with van der Waals surface area (Å²) in [5.74, 6) is -1.78. The van der Waals surface area contributed by atoms with Gasteiger partial charge < -0.3 is 15.4 Å². The summed E-state index contributed by atoms with van der Waals surface area (Å²) >= 11 is 12.0. The number of anilines is 2. The zero-order valence-corrected chi connectivity index (χ0v) is 19.5. The zero-order valence-electron chi connectivity index (χ0n) is 18.0. The van der Waals surface area contributed by atoms with Crippen molar-refractivity contribution in [2.45, 2.75) is 6.92 Å². The van der Waals surface area contributed by atoms with E-state index in [2.05, 4.69) is 21.2 Å². The van der Waals surface area contributed by atoms with Crippen molar-refractivity contribution in [1.82, 2.24) is 5.43 Å². The van der Waals surface area contributed by atoms with Crippen LogP contribution in [0.3, 0.4) is 0 Å². The van der Waals surface area contributed by atoms with E-state index in [1.165, 1.54) is 6.21 Å². The van der Waals surface area contributed by atoms with E-state index < -0.39 is 17.7 Å². The molecule has 3 aromatic rings. The molecule has 0 bridgehead atoms. The molecule has 3 aromatic carbocycles. The van der Waals surface area contributed by atoms with Crippen LogP contribution < -0.4 is 20.8 Å². The van der Waals surface area contributed by atoms with Gasteiger partial charge in [0.05, 0.1) is 21.9 Å². The van der Waals surface area contributed by atoms with Gasteiger partial charge >= 0.3 is 11.8 Å². The summed E-state index contributed by atoms with van der Waals surface area (Å²) in [6, 6.07) is 18.6. The number of ether oxygens (including phenoxy) is 1. The Kier molecular flexibility index (Phi) is 8.61. The van der Waals surface area contributed by atoms with Crippen LogP contribution in [0, 0.1) is 6.92 Å². The van der Waals surface area contributed by atoms with Crippen LogP contribution in [-0.4, -0.2) is 30.5 Å². The Morgan fingerprint density at radius 1 is 0.941 bits per heavy atom. The van der Waals surface area contributed by atoms with Crippen molar-refractivity contribution in [2.75, 3.05) is 17.2 Å². The van der Waals surface area contributed by atoms with Crippen LogP contribution in [0.1, 0.15) is 11.1 Å². The van der Waals surface area contributed by atoms with Gasteiger partial charge in [-0.15, -0.1) is 0 Å². The van der Waals surface area contributed by atoms with Crippen molar-refractivity contribution in [1.29, 1.82) is 0 Å². The molecule has 0 fully saturated rings. The molecule has 0 heterocycles. The Labute approximate surface area is 205 Å². The zero-order chi connectivity index (χ0) is 24.5. The van der Waals surface area contributed by atoms with Gasteiger partial charge in [-0.2, -0.15) is 5.10 Å². The number of carbonyl (C=O) groups excluding carboxylic acids is 3. The molecule has 0 radical (unpaired) electrons. The van der Waals surface area contributed by atoms with Crippen LogP contribution in [0.5, 0.6) is 5.75 Å². The van der Waals surface area contributed by atoms with Gasteiger partial charge in [0.25, 0.3) is 5.91 Å². The van der Waals surface area contributed by atoms with Crippen molar-refractivity contribution >= 4 is 58.5 Å². The summed E-state index contributed by atoms with van der Waals surface area (Å²) in [7, 11) is 0. The summed E-state index contributed by atoms with van der Waals surface area (Å²) in [6.45, 7) is 1.61. The lowest BCUT2D eigenvalue weighted by Gasteiger charge is -2.09. The highest BCUT2D eigenvalue weighted by Crippen LogP contribution is 2.29. The predicted molar refractivity (Wildman–Crippen MR) is 133 cm³/mol. The van der Waals surface area contributed by atoms with Crippen LogP contribution >= 0.6 is 23.2 Å². The number of rotatable bonds is 7. The second kappa shape index (κ2) is 11.8. The standard InChI is InChI=1S/C24H20Cl2N4O4/c1-15-5-2-7-17(11-15)28-23(32)24(33)30-27-13-16-6-3-8-18(12-16)34-14-21(31)29-20-10-4-9-19(25)22(20)26/h2-13H,14H2,1H3,(H,28,32)(H,29,31)(H,30,33)/b27-13-. The fourth-order valence-electron chi connectivity index (χ4n) is 2.75. The second-order valence-electron chi connectivity index (χ2n) is 7.03. The van der Waals surface area contributed by atoms with Crippen molar-refractivity contribution in [3.05, 3.63) is 87.9 Å². The topological polar surface area (TPSA) is 109 Å². The molecule has 0 saturated carbocycles. The largest absolute Gasteiger partial charge is 0.484 e. The fraction of sp³-hybridized carbons (Fsp3) is 0.0833. The minimum atomic E-state index is -0.915. The number of aryl methyl sites for hydroxylation is 1. The normalized spacial score (nSPS) is 10.6. The summed E-state index contributed by atoms with van der Waals surface area (Å²) < 4.78 is 5.49. The SMILES string of the molecule is Cc1cccc(NC(=O)C(=O)N/N=C\c2cccc(OCC(=O)Nc3cccc(Cl)c3Cl)c2)c1. The predicted octanol–water partition coefficient (Wildman–Crippen LogP) is 4.41. The van der Waals surface area contributed by atoms with Crippen LogP contribution in [-0.2, 0) is 14.4 Å². The van der Waals surface area contributed by atoms with Crippen molar-refractivity contribution < 1.29 is 19.1 Å². The third-order valence-corrected chi connectivity index (χ3v) is 5.13. The maximum atomic E-state index is 12.1. The second-order valence-corrected chi connectivity index (χ2v) is 7.82. The van der Waals surface area contributed by atoms with Gasteiger partial charge in [0.15, 0.2) is 6.61 Å². The quantitative estimate of drug-likeness (QED) is 0.254. The average molecular weight is 499 g/mol. The van der Waals surface area contributed by atoms with Crippen LogP contribution in [0.25, 0.3) is 0 Å². The minimum Gasteiger partial charge on any atom is -0.484 e. The van der Waals surface area contributed by atoms with Gasteiger partial charge in [-0.1, -0.05) is 53.5 Å². The molecule has 0 aromatic heterocycles. The fourth-order valence-corrected chi connectivity index (χ4v) is 3.09. The molecule has 10 heteroatoms. The number of hydrazone groups is 1. The van der Waals surface area contributed by atoms with E-state index in [0.717, 1.165) is 5.56 Å². The van der Waals surface area contributed by atoms with Gasteiger partial charge in [0, 0.05) is 5.69 Å². The monoisotopic (exact) mass is 498 g/mol. The summed E-state index contributed by atoms with van der Waals surface area (Å²) in [5, 5.41) is 9.47. The highest BCUT2D eigenvalue weighted by Gasteiger charge is 2.13. The molecule has 34 heavy (non-hydrogen) atoms. The molecule has 3 rings (SSSR count). The third-order valence-electron chi connectivity index (χ3n) is 4.32. The van der Waals surface area contributed by atoms with E-state index in [4.69, 9.17) is 27.9 Å². The molecule has 0 atom stereocenters. The number of carbonyl (C=O) groups is 3. The maximum absolute atomic E-state index is 12.1. The molecule has 0 aliphatic rings. The third kappa shape index (κ3) is 7.33. The van der Waals surface area contributed by atoms with Gasteiger partial charge in [-0.05, 0) is 54.4 Å². The molecular weight excluding hydrogens is 479 g/mol. The van der Waals surface area contributed by atoms with E-state index in [-0.39, 0.29) is 11.6 Å². The number of nitrogens with one attached hydrogen (secondary N) is 3. The van der Waals surface area contributed by atoms with E-state index >= 15 is 0 Å².